The fraction of sp³-hybridized carbons (Fsp3) is 0.280. The van der Waals surface area contributed by atoms with Crippen LogP contribution in [0, 0.1) is 5.82 Å². The van der Waals surface area contributed by atoms with Crippen molar-refractivity contribution in [3.05, 3.63) is 100 Å². The molecule has 0 bridgehead atoms. The van der Waals surface area contributed by atoms with Crippen molar-refractivity contribution < 1.29 is 31.1 Å². The molecule has 1 aliphatic heterocycles. The first-order valence-corrected chi connectivity index (χ1v) is 11.2. The van der Waals surface area contributed by atoms with Gasteiger partial charge >= 0.3 is 12.2 Å². The van der Waals surface area contributed by atoms with Gasteiger partial charge in [0.15, 0.2) is 0 Å². The van der Waals surface area contributed by atoms with Crippen LogP contribution >= 0.6 is 11.6 Å². The molecular formula is C25H20ClF6N3O. The minimum atomic E-state index is -4.89. The molecule has 1 atom stereocenters. The lowest BCUT2D eigenvalue weighted by molar-refractivity contribution is -0.137. The van der Waals surface area contributed by atoms with Gasteiger partial charge in [0.2, 0.25) is 0 Å². The molecule has 1 aliphatic rings. The van der Waals surface area contributed by atoms with Crippen LogP contribution in [0.15, 0.2) is 66.9 Å². The Balaban J connectivity index is 1.92. The summed E-state index contributed by atoms with van der Waals surface area (Å²) in [6.45, 7) is -1.11. The SMILES string of the molecule is O=C(N[C@@](Cc1ccccc1)(c1cc(F)cc(C(F)(F)F)c1)c1ccc(Cl)cn1)N1CCC(F)(F)C1. The number of amides is 2. The molecule has 1 saturated heterocycles. The fourth-order valence-corrected chi connectivity index (χ4v) is 4.33. The third-order valence-electron chi connectivity index (χ3n) is 5.97. The molecule has 0 saturated carbocycles. The summed E-state index contributed by atoms with van der Waals surface area (Å²) in [5.41, 5.74) is -2.77. The van der Waals surface area contributed by atoms with E-state index in [-0.39, 0.29) is 29.2 Å². The standard InChI is InChI=1S/C25H20ClF6N3O/c26-19-6-7-21(33-14-19)24(13-16-4-2-1-3-5-16,34-22(36)35-9-8-23(28,29)15-35)17-10-18(25(30,31)32)12-20(27)11-17/h1-7,10-12,14H,8-9,13,15H2,(H,34,36)/t24-/m0/s1. The predicted octanol–water partition coefficient (Wildman–Crippen LogP) is 6.43. The number of alkyl halides is 5. The number of benzene rings is 2. The molecule has 4 rings (SSSR count). The van der Waals surface area contributed by atoms with Gasteiger partial charge in [0.1, 0.15) is 11.4 Å². The van der Waals surface area contributed by atoms with Crippen molar-refractivity contribution in [3.63, 3.8) is 0 Å². The van der Waals surface area contributed by atoms with Crippen LogP contribution in [-0.4, -0.2) is 34.9 Å². The van der Waals surface area contributed by atoms with Gasteiger partial charge in [-0.2, -0.15) is 13.2 Å². The minimum absolute atomic E-state index is 0.0498. The summed E-state index contributed by atoms with van der Waals surface area (Å²) in [4.78, 5) is 18.3. The molecule has 3 aromatic rings. The van der Waals surface area contributed by atoms with E-state index >= 15 is 0 Å². The summed E-state index contributed by atoms with van der Waals surface area (Å²) in [7, 11) is 0. The Morgan fingerprint density at radius 2 is 1.75 bits per heavy atom. The van der Waals surface area contributed by atoms with E-state index in [9.17, 15) is 31.1 Å². The van der Waals surface area contributed by atoms with E-state index in [0.717, 1.165) is 17.0 Å². The summed E-state index contributed by atoms with van der Waals surface area (Å²) >= 11 is 5.97. The van der Waals surface area contributed by atoms with Gasteiger partial charge in [-0.25, -0.2) is 18.0 Å². The number of carbonyl (C=O) groups is 1. The second-order valence-corrected chi connectivity index (χ2v) is 9.05. The minimum Gasteiger partial charge on any atom is -0.322 e. The molecule has 11 heteroatoms. The third kappa shape index (κ3) is 5.59. The monoisotopic (exact) mass is 527 g/mol. The smallest absolute Gasteiger partial charge is 0.322 e. The zero-order valence-corrected chi connectivity index (χ0v) is 19.4. The van der Waals surface area contributed by atoms with Crippen molar-refractivity contribution in [2.75, 3.05) is 13.1 Å². The van der Waals surface area contributed by atoms with Gasteiger partial charge in [-0.3, -0.25) is 4.98 Å². The molecule has 0 spiro atoms. The third-order valence-corrected chi connectivity index (χ3v) is 6.20. The first kappa shape index (κ1) is 25.8. The van der Waals surface area contributed by atoms with Gasteiger partial charge in [-0.1, -0.05) is 41.9 Å². The molecular weight excluding hydrogens is 508 g/mol. The van der Waals surface area contributed by atoms with Crippen LogP contribution in [0.4, 0.5) is 31.1 Å². The van der Waals surface area contributed by atoms with Crippen LogP contribution in [0.3, 0.4) is 0 Å². The molecule has 2 heterocycles. The van der Waals surface area contributed by atoms with Gasteiger partial charge < -0.3 is 10.2 Å². The van der Waals surface area contributed by atoms with Crippen molar-refractivity contribution in [2.24, 2.45) is 0 Å². The van der Waals surface area contributed by atoms with Gasteiger partial charge in [0, 0.05) is 25.6 Å². The average molecular weight is 528 g/mol. The first-order valence-electron chi connectivity index (χ1n) is 10.9. The molecule has 2 amide bonds. The Morgan fingerprint density at radius 3 is 2.33 bits per heavy atom. The van der Waals surface area contributed by atoms with E-state index in [1.54, 1.807) is 30.3 Å². The summed E-state index contributed by atoms with van der Waals surface area (Å²) in [5, 5.41) is 2.85. The first-order chi connectivity index (χ1) is 16.9. The summed E-state index contributed by atoms with van der Waals surface area (Å²) in [5.74, 6) is -4.28. The predicted molar refractivity (Wildman–Crippen MR) is 121 cm³/mol. The lowest BCUT2D eigenvalue weighted by Crippen LogP contribution is -2.53. The number of pyridine rings is 1. The topological polar surface area (TPSA) is 45.2 Å². The van der Waals surface area contributed by atoms with Crippen LogP contribution in [0.1, 0.15) is 28.8 Å². The van der Waals surface area contributed by atoms with Crippen LogP contribution in [0.2, 0.25) is 5.02 Å². The van der Waals surface area contributed by atoms with E-state index < -0.39 is 48.0 Å². The van der Waals surface area contributed by atoms with E-state index in [1.165, 1.54) is 18.3 Å². The van der Waals surface area contributed by atoms with Crippen molar-refractivity contribution in [2.45, 2.75) is 30.5 Å². The molecule has 0 aliphatic carbocycles. The number of likely N-dealkylation sites (tertiary alicyclic amines) is 1. The zero-order valence-electron chi connectivity index (χ0n) is 18.6. The Bertz CT molecular complexity index is 1240. The highest BCUT2D eigenvalue weighted by atomic mass is 35.5. The van der Waals surface area contributed by atoms with Crippen molar-refractivity contribution in [3.8, 4) is 0 Å². The number of nitrogens with zero attached hydrogens (tertiary/aromatic N) is 2. The Hall–Kier alpha value is -3.27. The molecule has 0 radical (unpaired) electrons. The Labute approximate surface area is 207 Å². The quantitative estimate of drug-likeness (QED) is 0.389. The van der Waals surface area contributed by atoms with Gasteiger partial charge in [0.05, 0.1) is 22.8 Å². The molecule has 36 heavy (non-hydrogen) atoms. The lowest BCUT2D eigenvalue weighted by atomic mass is 9.79. The van der Waals surface area contributed by atoms with Crippen LogP contribution in [0.5, 0.6) is 0 Å². The highest BCUT2D eigenvalue weighted by Gasteiger charge is 2.45. The van der Waals surface area contributed by atoms with E-state index in [4.69, 9.17) is 11.6 Å². The number of aromatic nitrogens is 1. The maximum absolute atomic E-state index is 14.6. The van der Waals surface area contributed by atoms with Crippen LogP contribution < -0.4 is 5.32 Å². The maximum Gasteiger partial charge on any atom is 0.416 e. The Kier molecular flexibility index (Phi) is 6.92. The maximum atomic E-state index is 14.6. The molecule has 190 valence electrons. The van der Waals surface area contributed by atoms with E-state index in [2.05, 4.69) is 10.3 Å². The number of hydrogen-bond acceptors (Lipinski definition) is 2. The normalized spacial score (nSPS) is 17.0. The Morgan fingerprint density at radius 1 is 1.06 bits per heavy atom. The number of rotatable bonds is 5. The average Bonchev–Trinajstić information content (AvgIpc) is 3.18. The fourth-order valence-electron chi connectivity index (χ4n) is 4.22. The lowest BCUT2D eigenvalue weighted by Gasteiger charge is -2.37. The number of halogens is 7. The summed E-state index contributed by atoms with van der Waals surface area (Å²) in [6, 6.07) is 12.2. The number of nitrogens with one attached hydrogen (secondary N) is 1. The van der Waals surface area contributed by atoms with Crippen molar-refractivity contribution >= 4 is 17.6 Å². The largest absolute Gasteiger partial charge is 0.416 e. The molecule has 4 nitrogen and oxygen atoms in total. The van der Waals surface area contributed by atoms with Gasteiger partial charge in [-0.15, -0.1) is 0 Å². The molecule has 1 fully saturated rings. The number of urea groups is 1. The van der Waals surface area contributed by atoms with Gasteiger partial charge in [0.25, 0.3) is 5.92 Å². The van der Waals surface area contributed by atoms with Gasteiger partial charge in [-0.05, 0) is 41.5 Å². The van der Waals surface area contributed by atoms with Crippen molar-refractivity contribution in [1.29, 1.82) is 0 Å². The summed E-state index contributed by atoms with van der Waals surface area (Å²) in [6.07, 6.45) is -4.36. The second kappa shape index (κ2) is 9.65. The molecule has 1 aromatic heterocycles. The number of hydrogen-bond donors (Lipinski definition) is 1. The molecule has 0 unspecified atom stereocenters. The zero-order chi connectivity index (χ0) is 26.1. The van der Waals surface area contributed by atoms with Crippen LogP contribution in [0.25, 0.3) is 0 Å². The molecule has 2 aromatic carbocycles. The summed E-state index contributed by atoms with van der Waals surface area (Å²) < 4.78 is 83.2. The highest BCUT2D eigenvalue weighted by Crippen LogP contribution is 2.38. The number of carbonyl (C=O) groups excluding carboxylic acids is 1. The second-order valence-electron chi connectivity index (χ2n) is 8.61. The van der Waals surface area contributed by atoms with Crippen molar-refractivity contribution in [1.82, 2.24) is 15.2 Å². The molecule has 1 N–H and O–H groups in total. The van der Waals surface area contributed by atoms with Crippen LogP contribution in [-0.2, 0) is 18.1 Å². The highest BCUT2D eigenvalue weighted by molar-refractivity contribution is 6.30. The van der Waals surface area contributed by atoms with E-state index in [1.807, 2.05) is 0 Å². The van der Waals surface area contributed by atoms with E-state index in [0.29, 0.717) is 11.6 Å².